The number of carbonyl (C=O) groups is 1. The van der Waals surface area contributed by atoms with Crippen molar-refractivity contribution in [2.75, 3.05) is 0 Å². The molecule has 0 saturated heterocycles. The first-order valence-corrected chi connectivity index (χ1v) is 8.82. The Bertz CT molecular complexity index is 562. The summed E-state index contributed by atoms with van der Waals surface area (Å²) in [7, 11) is -6.29. The van der Waals surface area contributed by atoms with E-state index in [0.717, 1.165) is 18.4 Å². The van der Waals surface area contributed by atoms with Crippen molar-refractivity contribution < 1.29 is 87.0 Å². The van der Waals surface area contributed by atoms with E-state index in [-0.39, 0.29) is 59.1 Å². The van der Waals surface area contributed by atoms with Crippen molar-refractivity contribution in [3.8, 4) is 0 Å². The van der Waals surface area contributed by atoms with E-state index in [9.17, 15) is 27.9 Å². The van der Waals surface area contributed by atoms with E-state index in [0.29, 0.717) is 24.5 Å². The molecule has 0 aliphatic carbocycles. The van der Waals surface area contributed by atoms with Crippen molar-refractivity contribution >= 4 is 13.4 Å². The quantitative estimate of drug-likeness (QED) is 0.187. The van der Waals surface area contributed by atoms with Crippen LogP contribution in [0.15, 0.2) is 34.9 Å². The maximum Gasteiger partial charge on any atom is 1.00 e. The molecule has 25 heavy (non-hydrogen) atoms. The van der Waals surface area contributed by atoms with Gasteiger partial charge in [0.25, 0.3) is 0 Å². The molecule has 9 heteroatoms. The molecule has 0 heterocycles. The maximum absolute atomic E-state index is 13.0. The minimum Gasteiger partial charge on any atom is -0.806 e. The molecule has 0 saturated carbocycles. The summed E-state index contributed by atoms with van der Waals surface area (Å²) < 4.78 is 36.5. The summed E-state index contributed by atoms with van der Waals surface area (Å²) in [5.41, 5.74) is -2.19. The van der Waals surface area contributed by atoms with Crippen molar-refractivity contribution in [1.82, 2.24) is 0 Å². The third-order valence-corrected chi connectivity index (χ3v) is 4.05. The number of hydrogen-bond donors (Lipinski definition) is 0. The van der Waals surface area contributed by atoms with Gasteiger partial charge < -0.3 is 14.4 Å². The standard InChI is InChI=1S/C16H25F2O4P.2Na/c1-12(2)7-5-8-13(3)9-6-10-14(4)11-15(19)16(17,18)23(20,21)22;;/h7,9,11H,5-6,8,10H2,1-4H3,(H2,20,21,22);;/q;2*+1/p-2/b13-9+,14-11+;;. The minimum atomic E-state index is -6.29. The monoisotopic (exact) mass is 394 g/mol. The Morgan fingerprint density at radius 2 is 1.40 bits per heavy atom. The summed E-state index contributed by atoms with van der Waals surface area (Å²) in [5.74, 6) is -1.98. The van der Waals surface area contributed by atoms with E-state index in [4.69, 9.17) is 0 Å². The van der Waals surface area contributed by atoms with Crippen molar-refractivity contribution in [3.63, 3.8) is 0 Å². The van der Waals surface area contributed by atoms with Gasteiger partial charge in [0, 0.05) is 7.60 Å². The van der Waals surface area contributed by atoms with E-state index in [1.165, 1.54) is 12.5 Å². The number of allylic oxidation sites excluding steroid dienone is 6. The predicted octanol–water partition coefficient (Wildman–Crippen LogP) is -2.51. The van der Waals surface area contributed by atoms with Gasteiger partial charge in [-0.15, -0.1) is 0 Å². The fourth-order valence-corrected chi connectivity index (χ4v) is 2.09. The molecule has 132 valence electrons. The van der Waals surface area contributed by atoms with Crippen LogP contribution in [0.2, 0.25) is 0 Å². The molecule has 0 spiro atoms. The topological polar surface area (TPSA) is 80.3 Å². The minimum absolute atomic E-state index is 0. The SMILES string of the molecule is CC(C)=CCC/C(C)=C/CC/C(C)=C/C(=O)C(F)(F)P(=O)([O-])[O-].[Na+].[Na+]. The van der Waals surface area contributed by atoms with Gasteiger partial charge in [0.15, 0.2) is 0 Å². The van der Waals surface area contributed by atoms with Gasteiger partial charge in [-0.05, 0) is 59.5 Å². The third kappa shape index (κ3) is 12.8. The molecule has 0 aromatic heterocycles. The van der Waals surface area contributed by atoms with E-state index < -0.39 is 19.0 Å². The van der Waals surface area contributed by atoms with Crippen LogP contribution < -0.4 is 68.9 Å². The molecule has 0 bridgehead atoms. The number of rotatable bonds is 9. The molecule has 0 radical (unpaired) electrons. The molecule has 0 aromatic rings. The molecule has 0 amide bonds. The number of ketones is 1. The van der Waals surface area contributed by atoms with E-state index in [1.54, 1.807) is 0 Å². The van der Waals surface area contributed by atoms with Gasteiger partial charge in [0.1, 0.15) is 0 Å². The first kappa shape index (κ1) is 30.6. The molecule has 0 fully saturated rings. The second kappa shape index (κ2) is 14.0. The number of alkyl halides is 2. The van der Waals surface area contributed by atoms with Crippen LogP contribution >= 0.6 is 7.60 Å². The van der Waals surface area contributed by atoms with Crippen LogP contribution in [0.4, 0.5) is 8.78 Å². The van der Waals surface area contributed by atoms with Gasteiger partial charge in [-0.3, -0.25) is 4.79 Å². The third-order valence-electron chi connectivity index (χ3n) is 3.14. The number of carbonyl (C=O) groups excluding carboxylic acids is 1. The van der Waals surface area contributed by atoms with Gasteiger partial charge in [-0.2, -0.15) is 8.78 Å². The molecule has 0 aliphatic heterocycles. The molecule has 0 N–H and O–H groups in total. The first-order valence-electron chi connectivity index (χ1n) is 7.28. The summed E-state index contributed by atoms with van der Waals surface area (Å²) in [5, 5.41) is 0. The molecule has 0 aliphatic rings. The summed E-state index contributed by atoms with van der Waals surface area (Å²) in [6, 6.07) is 0. The van der Waals surface area contributed by atoms with Crippen molar-refractivity contribution in [2.24, 2.45) is 0 Å². The average molecular weight is 394 g/mol. The molecule has 0 aromatic carbocycles. The molecular formula is C16H23F2Na2O4P. The Morgan fingerprint density at radius 3 is 1.84 bits per heavy atom. The summed E-state index contributed by atoms with van der Waals surface area (Å²) in [6.45, 7) is 7.44. The van der Waals surface area contributed by atoms with Crippen LogP contribution in [0.3, 0.4) is 0 Å². The van der Waals surface area contributed by atoms with Gasteiger partial charge in [-0.1, -0.05) is 28.9 Å². The maximum atomic E-state index is 13.0. The molecule has 0 unspecified atom stereocenters. The Hall–Kier alpha value is 0.900. The fraction of sp³-hybridized carbons (Fsp3) is 0.562. The van der Waals surface area contributed by atoms with Crippen molar-refractivity contribution in [1.29, 1.82) is 0 Å². The molecule has 4 nitrogen and oxygen atoms in total. The van der Waals surface area contributed by atoms with Crippen LogP contribution in [0.25, 0.3) is 0 Å². The van der Waals surface area contributed by atoms with Crippen molar-refractivity contribution in [2.45, 2.75) is 59.0 Å². The number of hydrogen-bond acceptors (Lipinski definition) is 4. The Kier molecular flexibility index (Phi) is 17.1. The molecule has 0 rings (SSSR count). The van der Waals surface area contributed by atoms with Crippen LogP contribution in [-0.2, 0) is 9.36 Å². The van der Waals surface area contributed by atoms with E-state index in [2.05, 4.69) is 6.08 Å². The summed E-state index contributed by atoms with van der Waals surface area (Å²) >= 11 is 0. The van der Waals surface area contributed by atoms with Crippen LogP contribution in [0.5, 0.6) is 0 Å². The predicted molar refractivity (Wildman–Crippen MR) is 83.0 cm³/mol. The van der Waals surface area contributed by atoms with Crippen LogP contribution in [0.1, 0.15) is 53.4 Å². The Morgan fingerprint density at radius 1 is 0.960 bits per heavy atom. The zero-order chi connectivity index (χ0) is 18.3. The zero-order valence-electron chi connectivity index (χ0n) is 15.9. The molecule has 0 atom stereocenters. The van der Waals surface area contributed by atoms with Crippen molar-refractivity contribution in [3.05, 3.63) is 34.9 Å². The van der Waals surface area contributed by atoms with Crippen LogP contribution in [0, 0.1) is 0 Å². The molecular weight excluding hydrogens is 371 g/mol. The normalized spacial score (nSPS) is 12.8. The van der Waals surface area contributed by atoms with Gasteiger partial charge >= 0.3 is 64.8 Å². The Labute approximate surface area is 193 Å². The smallest absolute Gasteiger partial charge is 0.806 e. The number of halogens is 2. The van der Waals surface area contributed by atoms with Crippen LogP contribution in [-0.4, -0.2) is 11.4 Å². The summed E-state index contributed by atoms with van der Waals surface area (Å²) in [4.78, 5) is 32.0. The summed E-state index contributed by atoms with van der Waals surface area (Å²) in [6.07, 6.45) is 7.30. The second-order valence-electron chi connectivity index (χ2n) is 5.80. The van der Waals surface area contributed by atoms with Gasteiger partial charge in [0.2, 0.25) is 5.78 Å². The van der Waals surface area contributed by atoms with Gasteiger partial charge in [0.05, 0.1) is 0 Å². The largest absolute Gasteiger partial charge is 1.00 e. The Balaban J connectivity index is -0.00000242. The van der Waals surface area contributed by atoms with Gasteiger partial charge in [-0.25, -0.2) is 0 Å². The average Bonchev–Trinajstić information content (AvgIpc) is 2.36. The van der Waals surface area contributed by atoms with E-state index >= 15 is 0 Å². The fourth-order valence-electron chi connectivity index (χ4n) is 1.75. The van der Waals surface area contributed by atoms with E-state index in [1.807, 2.05) is 26.8 Å². The first-order chi connectivity index (χ1) is 10.4. The second-order valence-corrected chi connectivity index (χ2v) is 7.36. The zero-order valence-corrected chi connectivity index (χ0v) is 20.8.